The average molecular weight is 181 g/mol. The normalized spacial score (nSPS) is 9.23. The standard InChI is InChI=1S/C8H7NO4/c9-8(12)13-7-3-1-2-6(11)5(7)4-10/h1-4,11H,(H2,9,12). The quantitative estimate of drug-likeness (QED) is 0.656. The molecular weight excluding hydrogens is 174 g/mol. The molecule has 0 saturated carbocycles. The molecule has 0 unspecified atom stereocenters. The molecule has 1 aromatic rings. The van der Waals surface area contributed by atoms with Crippen LogP contribution in [0.2, 0.25) is 0 Å². The fourth-order valence-corrected chi connectivity index (χ4v) is 0.848. The highest BCUT2D eigenvalue weighted by Crippen LogP contribution is 2.25. The van der Waals surface area contributed by atoms with E-state index in [0.717, 1.165) is 0 Å². The van der Waals surface area contributed by atoms with Gasteiger partial charge in [0.25, 0.3) is 0 Å². The number of primary amides is 1. The molecule has 0 saturated heterocycles. The van der Waals surface area contributed by atoms with E-state index in [9.17, 15) is 9.59 Å². The molecule has 1 rings (SSSR count). The first-order valence-electron chi connectivity index (χ1n) is 3.39. The lowest BCUT2D eigenvalue weighted by atomic mass is 10.2. The summed E-state index contributed by atoms with van der Waals surface area (Å²) < 4.78 is 4.46. The maximum atomic E-state index is 10.4. The number of amides is 1. The van der Waals surface area contributed by atoms with Gasteiger partial charge in [-0.25, -0.2) is 4.79 Å². The Bertz CT molecular complexity index is 348. The Hall–Kier alpha value is -2.04. The molecule has 5 heteroatoms. The van der Waals surface area contributed by atoms with Gasteiger partial charge in [0.1, 0.15) is 11.5 Å². The van der Waals surface area contributed by atoms with Crippen molar-refractivity contribution in [2.24, 2.45) is 5.73 Å². The van der Waals surface area contributed by atoms with E-state index in [1.807, 2.05) is 0 Å². The second kappa shape index (κ2) is 3.57. The van der Waals surface area contributed by atoms with E-state index in [4.69, 9.17) is 10.8 Å². The highest BCUT2D eigenvalue weighted by Gasteiger charge is 2.09. The molecule has 0 bridgehead atoms. The van der Waals surface area contributed by atoms with Crippen molar-refractivity contribution < 1.29 is 19.4 Å². The second-order valence-corrected chi connectivity index (χ2v) is 2.23. The summed E-state index contributed by atoms with van der Waals surface area (Å²) in [4.78, 5) is 20.8. The van der Waals surface area contributed by atoms with Gasteiger partial charge in [0.05, 0.1) is 5.56 Å². The van der Waals surface area contributed by atoms with Crippen LogP contribution < -0.4 is 10.5 Å². The number of aldehydes is 1. The SMILES string of the molecule is NC(=O)Oc1cccc(O)c1C=O. The van der Waals surface area contributed by atoms with E-state index in [0.29, 0.717) is 6.29 Å². The Morgan fingerprint density at radius 2 is 2.23 bits per heavy atom. The van der Waals surface area contributed by atoms with Crippen molar-refractivity contribution in [3.63, 3.8) is 0 Å². The van der Waals surface area contributed by atoms with Crippen LogP contribution in [0.3, 0.4) is 0 Å². The molecule has 0 atom stereocenters. The number of ether oxygens (including phenoxy) is 1. The molecule has 0 heterocycles. The first-order chi connectivity index (χ1) is 6.15. The molecule has 5 nitrogen and oxygen atoms in total. The molecule has 0 aliphatic heterocycles. The molecule has 13 heavy (non-hydrogen) atoms. The van der Waals surface area contributed by atoms with Crippen molar-refractivity contribution in [1.82, 2.24) is 0 Å². The van der Waals surface area contributed by atoms with E-state index >= 15 is 0 Å². The van der Waals surface area contributed by atoms with Crippen LogP contribution in [0.5, 0.6) is 11.5 Å². The minimum atomic E-state index is -1.03. The summed E-state index contributed by atoms with van der Waals surface area (Å²) in [6, 6.07) is 4.09. The van der Waals surface area contributed by atoms with Crippen LogP contribution in [0, 0.1) is 0 Å². The van der Waals surface area contributed by atoms with Crippen LogP contribution in [0.4, 0.5) is 4.79 Å². The molecule has 3 N–H and O–H groups in total. The van der Waals surface area contributed by atoms with Crippen molar-refractivity contribution >= 4 is 12.4 Å². The van der Waals surface area contributed by atoms with Crippen molar-refractivity contribution in [1.29, 1.82) is 0 Å². The molecule has 68 valence electrons. The first kappa shape index (κ1) is 9.05. The maximum absolute atomic E-state index is 10.4. The van der Waals surface area contributed by atoms with Gasteiger partial charge in [-0.3, -0.25) is 4.79 Å². The maximum Gasteiger partial charge on any atom is 0.409 e. The fourth-order valence-electron chi connectivity index (χ4n) is 0.848. The largest absolute Gasteiger partial charge is 0.507 e. The zero-order valence-electron chi connectivity index (χ0n) is 6.56. The van der Waals surface area contributed by atoms with Crippen LogP contribution >= 0.6 is 0 Å². The lowest BCUT2D eigenvalue weighted by Crippen LogP contribution is -2.17. The number of benzene rings is 1. The number of phenolic OH excluding ortho intramolecular Hbond substituents is 1. The van der Waals surface area contributed by atoms with Gasteiger partial charge in [-0.05, 0) is 12.1 Å². The second-order valence-electron chi connectivity index (χ2n) is 2.23. The number of hydrogen-bond donors (Lipinski definition) is 2. The van der Waals surface area contributed by atoms with Crippen LogP contribution in [-0.4, -0.2) is 17.5 Å². The summed E-state index contributed by atoms with van der Waals surface area (Å²) in [5.74, 6) is -0.309. The van der Waals surface area contributed by atoms with E-state index in [1.54, 1.807) is 0 Å². The predicted octanol–water partition coefficient (Wildman–Crippen LogP) is 0.662. The summed E-state index contributed by atoms with van der Waals surface area (Å²) in [5.41, 5.74) is 4.64. The number of rotatable bonds is 2. The Morgan fingerprint density at radius 3 is 2.77 bits per heavy atom. The van der Waals surface area contributed by atoms with Crippen molar-refractivity contribution in [2.75, 3.05) is 0 Å². The van der Waals surface area contributed by atoms with Crippen molar-refractivity contribution in [3.05, 3.63) is 23.8 Å². The third kappa shape index (κ3) is 1.96. The lowest BCUT2D eigenvalue weighted by molar-refractivity contribution is 0.111. The number of carbonyl (C=O) groups is 2. The topological polar surface area (TPSA) is 89.6 Å². The zero-order chi connectivity index (χ0) is 9.84. The Balaban J connectivity index is 3.12. The summed E-state index contributed by atoms with van der Waals surface area (Å²) in [7, 11) is 0. The highest BCUT2D eigenvalue weighted by molar-refractivity contribution is 5.85. The van der Waals surface area contributed by atoms with E-state index in [1.165, 1.54) is 18.2 Å². The summed E-state index contributed by atoms with van der Waals surface area (Å²) in [6.07, 6.45) is -0.651. The van der Waals surface area contributed by atoms with Crippen molar-refractivity contribution in [2.45, 2.75) is 0 Å². The summed E-state index contributed by atoms with van der Waals surface area (Å²) in [6.45, 7) is 0. The van der Waals surface area contributed by atoms with Gasteiger partial charge in [-0.1, -0.05) is 6.07 Å². The molecule has 1 aromatic carbocycles. The first-order valence-corrected chi connectivity index (χ1v) is 3.39. The molecule has 0 spiro atoms. The number of carbonyl (C=O) groups excluding carboxylic acids is 2. The van der Waals surface area contributed by atoms with Gasteiger partial charge < -0.3 is 15.6 Å². The fraction of sp³-hybridized carbons (Fsp3) is 0. The summed E-state index contributed by atoms with van der Waals surface area (Å²) in [5, 5.41) is 9.14. The minimum absolute atomic E-state index is 0.0532. The van der Waals surface area contributed by atoms with Gasteiger partial charge in [-0.15, -0.1) is 0 Å². The van der Waals surface area contributed by atoms with E-state index in [-0.39, 0.29) is 17.1 Å². The zero-order valence-corrected chi connectivity index (χ0v) is 6.56. The predicted molar refractivity (Wildman–Crippen MR) is 43.7 cm³/mol. The summed E-state index contributed by atoms with van der Waals surface area (Å²) >= 11 is 0. The molecular formula is C8H7NO4. The van der Waals surface area contributed by atoms with Gasteiger partial charge in [0, 0.05) is 0 Å². The number of aromatic hydroxyl groups is 1. The monoisotopic (exact) mass is 181 g/mol. The van der Waals surface area contributed by atoms with Crippen LogP contribution in [0.15, 0.2) is 18.2 Å². The number of phenols is 1. The average Bonchev–Trinajstić information content (AvgIpc) is 2.03. The lowest BCUT2D eigenvalue weighted by Gasteiger charge is -2.04. The molecule has 0 aromatic heterocycles. The molecule has 0 aliphatic rings. The number of hydrogen-bond acceptors (Lipinski definition) is 4. The third-order valence-electron chi connectivity index (χ3n) is 1.37. The highest BCUT2D eigenvalue weighted by atomic mass is 16.5. The van der Waals surface area contributed by atoms with E-state index in [2.05, 4.69) is 4.74 Å². The smallest absolute Gasteiger partial charge is 0.409 e. The van der Waals surface area contributed by atoms with Crippen LogP contribution in [0.1, 0.15) is 10.4 Å². The van der Waals surface area contributed by atoms with Crippen LogP contribution in [0.25, 0.3) is 0 Å². The molecule has 0 aliphatic carbocycles. The van der Waals surface area contributed by atoms with E-state index < -0.39 is 6.09 Å². The van der Waals surface area contributed by atoms with Gasteiger partial charge >= 0.3 is 6.09 Å². The van der Waals surface area contributed by atoms with Crippen molar-refractivity contribution in [3.8, 4) is 11.5 Å². The van der Waals surface area contributed by atoms with Crippen LogP contribution in [-0.2, 0) is 0 Å². The molecule has 1 amide bonds. The minimum Gasteiger partial charge on any atom is -0.507 e. The molecule has 0 fully saturated rings. The molecule has 0 radical (unpaired) electrons. The Kier molecular flexibility index (Phi) is 2.49. The van der Waals surface area contributed by atoms with Gasteiger partial charge in [0.15, 0.2) is 6.29 Å². The Morgan fingerprint density at radius 1 is 1.54 bits per heavy atom. The van der Waals surface area contributed by atoms with Gasteiger partial charge in [-0.2, -0.15) is 0 Å². The Labute approximate surface area is 73.7 Å². The number of nitrogens with two attached hydrogens (primary N) is 1. The third-order valence-corrected chi connectivity index (χ3v) is 1.37. The van der Waals surface area contributed by atoms with Gasteiger partial charge in [0.2, 0.25) is 0 Å².